The monoisotopic (exact) mass is 613 g/mol. The maximum Gasteiger partial charge on any atom is 0.330 e. The van der Waals surface area contributed by atoms with E-state index in [4.69, 9.17) is 9.47 Å². The van der Waals surface area contributed by atoms with Crippen molar-refractivity contribution in [1.82, 2.24) is 0 Å². The Morgan fingerprint density at radius 3 is 1.63 bits per heavy atom. The zero-order chi connectivity index (χ0) is 32.5. The van der Waals surface area contributed by atoms with Crippen molar-refractivity contribution in [2.75, 3.05) is 18.1 Å². The van der Waals surface area contributed by atoms with Crippen LogP contribution in [0, 0.1) is 0 Å². The number of anilines is 3. The Labute approximate surface area is 273 Å². The van der Waals surface area contributed by atoms with Gasteiger partial charge in [-0.3, -0.25) is 0 Å². The molecule has 0 unspecified atom stereocenters. The number of ether oxygens (including phenoxy) is 2. The maximum absolute atomic E-state index is 11.6. The maximum atomic E-state index is 11.6. The van der Waals surface area contributed by atoms with Crippen LogP contribution in [0.25, 0.3) is 11.1 Å². The van der Waals surface area contributed by atoms with Gasteiger partial charge in [0, 0.05) is 34.6 Å². The minimum absolute atomic E-state index is 0.103. The topological polar surface area (TPSA) is 55.8 Å². The average Bonchev–Trinajstić information content (AvgIpc) is 3.29. The normalized spacial score (nSPS) is 13.0. The molecule has 5 heteroatoms. The Morgan fingerprint density at radius 2 is 1.11 bits per heavy atom. The first-order valence-electron chi connectivity index (χ1n) is 16.1. The summed E-state index contributed by atoms with van der Waals surface area (Å²) in [5, 5.41) is 0. The van der Waals surface area contributed by atoms with E-state index in [0.29, 0.717) is 13.2 Å². The standard InChI is InChI=1S/C41H43NO4/c1-5-11-39(43)45-27-9-13-30-17-21-32(22-18-30)42(33-23-19-31(20-24-33)14-10-28-46-40(44)12-6-2)34-25-26-36-35-15-7-8-16-37(35)41(3,4)38(36)29-34/h5-8,11-12,15-26,29H,9-10,13-14,27-28H2,1-4H3/b11-5+,12-6+. The van der Waals surface area contributed by atoms with Crippen molar-refractivity contribution in [2.45, 2.75) is 58.8 Å². The summed E-state index contributed by atoms with van der Waals surface area (Å²) in [7, 11) is 0. The Kier molecular flexibility index (Phi) is 10.5. The zero-order valence-electron chi connectivity index (χ0n) is 27.3. The van der Waals surface area contributed by atoms with Crippen LogP contribution in [0.2, 0.25) is 0 Å². The molecule has 5 nitrogen and oxygen atoms in total. The summed E-state index contributed by atoms with van der Waals surface area (Å²) in [4.78, 5) is 25.5. The number of fused-ring (bicyclic) bond motifs is 3. The van der Waals surface area contributed by atoms with Crippen LogP contribution in [0.1, 0.15) is 62.8 Å². The van der Waals surface area contributed by atoms with Gasteiger partial charge in [-0.1, -0.05) is 80.6 Å². The predicted molar refractivity (Wildman–Crippen MR) is 187 cm³/mol. The second-order valence-electron chi connectivity index (χ2n) is 12.1. The van der Waals surface area contributed by atoms with Crippen molar-refractivity contribution >= 4 is 29.0 Å². The lowest BCUT2D eigenvalue weighted by Gasteiger charge is -2.28. The van der Waals surface area contributed by atoms with Gasteiger partial charge < -0.3 is 14.4 Å². The van der Waals surface area contributed by atoms with E-state index in [2.05, 4.69) is 110 Å². The molecular weight excluding hydrogens is 570 g/mol. The number of esters is 2. The molecule has 236 valence electrons. The fourth-order valence-corrected chi connectivity index (χ4v) is 6.17. The van der Waals surface area contributed by atoms with Gasteiger partial charge in [-0.25, -0.2) is 9.59 Å². The highest BCUT2D eigenvalue weighted by atomic mass is 16.5. The van der Waals surface area contributed by atoms with Gasteiger partial charge in [-0.2, -0.15) is 0 Å². The Balaban J connectivity index is 1.39. The summed E-state index contributed by atoms with van der Waals surface area (Å²) >= 11 is 0. The van der Waals surface area contributed by atoms with Crippen LogP contribution < -0.4 is 4.90 Å². The number of rotatable bonds is 13. The van der Waals surface area contributed by atoms with Gasteiger partial charge in [0.15, 0.2) is 0 Å². The van der Waals surface area contributed by atoms with Crippen LogP contribution in [0.15, 0.2) is 115 Å². The third-order valence-electron chi connectivity index (χ3n) is 8.53. The minimum atomic E-state index is -0.298. The molecule has 0 saturated heterocycles. The molecule has 0 aromatic heterocycles. The van der Waals surface area contributed by atoms with Gasteiger partial charge in [0.1, 0.15) is 0 Å². The highest BCUT2D eigenvalue weighted by molar-refractivity contribution is 5.85. The molecule has 0 heterocycles. The minimum Gasteiger partial charge on any atom is -0.463 e. The van der Waals surface area contributed by atoms with Crippen LogP contribution in [0.3, 0.4) is 0 Å². The predicted octanol–water partition coefficient (Wildman–Crippen LogP) is 9.57. The van der Waals surface area contributed by atoms with Crippen molar-refractivity contribution in [3.05, 3.63) is 138 Å². The lowest BCUT2D eigenvalue weighted by molar-refractivity contribution is -0.138. The largest absolute Gasteiger partial charge is 0.463 e. The fraction of sp³-hybridized carbons (Fsp3) is 0.268. The third kappa shape index (κ3) is 7.48. The summed E-state index contributed by atoms with van der Waals surface area (Å²) in [6.07, 6.45) is 9.45. The van der Waals surface area contributed by atoms with E-state index in [1.54, 1.807) is 26.0 Å². The molecule has 0 saturated carbocycles. The van der Waals surface area contributed by atoms with E-state index in [9.17, 15) is 9.59 Å². The summed E-state index contributed by atoms with van der Waals surface area (Å²) in [5.41, 5.74) is 10.8. The molecule has 0 spiro atoms. The van der Waals surface area contributed by atoms with Crippen molar-refractivity contribution in [3.63, 3.8) is 0 Å². The number of hydrogen-bond acceptors (Lipinski definition) is 5. The SMILES string of the molecule is C/C=C/C(=O)OCCCc1ccc(N(c2ccc(CCCOC(=O)/C=C/C)cc2)c2ccc3c(c2)C(C)(C)c2ccccc2-3)cc1. The van der Waals surface area contributed by atoms with Crippen LogP contribution in [-0.2, 0) is 37.3 Å². The molecule has 4 aromatic carbocycles. The summed E-state index contributed by atoms with van der Waals surface area (Å²) in [6.45, 7) is 9.01. The number of carbonyl (C=O) groups is 2. The number of benzene rings is 4. The van der Waals surface area contributed by atoms with E-state index in [0.717, 1.165) is 42.7 Å². The average molecular weight is 614 g/mol. The number of hydrogen-bond donors (Lipinski definition) is 0. The second kappa shape index (κ2) is 14.9. The first kappa shape index (κ1) is 32.5. The Bertz CT molecular complexity index is 1640. The van der Waals surface area contributed by atoms with Gasteiger partial charge in [-0.15, -0.1) is 0 Å². The van der Waals surface area contributed by atoms with Crippen molar-refractivity contribution in [2.24, 2.45) is 0 Å². The number of nitrogens with zero attached hydrogens (tertiary/aromatic N) is 1. The van der Waals surface area contributed by atoms with Gasteiger partial charge >= 0.3 is 11.9 Å². The van der Waals surface area contributed by atoms with Crippen LogP contribution in [0.5, 0.6) is 0 Å². The molecule has 1 aliphatic carbocycles. The lowest BCUT2D eigenvalue weighted by atomic mass is 9.82. The quantitative estimate of drug-likeness (QED) is 0.0854. The molecule has 5 rings (SSSR count). The molecule has 0 amide bonds. The molecule has 0 aliphatic heterocycles. The fourth-order valence-electron chi connectivity index (χ4n) is 6.17. The van der Waals surface area contributed by atoms with Gasteiger partial charge in [0.05, 0.1) is 13.2 Å². The summed E-state index contributed by atoms with van der Waals surface area (Å²) in [6, 6.07) is 32.8. The Hall–Kier alpha value is -4.90. The molecule has 0 N–H and O–H groups in total. The molecule has 4 aromatic rings. The molecule has 0 atom stereocenters. The molecule has 0 radical (unpaired) electrons. The van der Waals surface area contributed by atoms with Crippen molar-refractivity contribution < 1.29 is 19.1 Å². The second-order valence-corrected chi connectivity index (χ2v) is 12.1. The molecule has 1 aliphatic rings. The third-order valence-corrected chi connectivity index (χ3v) is 8.53. The lowest BCUT2D eigenvalue weighted by Crippen LogP contribution is -2.16. The molecule has 46 heavy (non-hydrogen) atoms. The summed E-state index contributed by atoms with van der Waals surface area (Å²) < 4.78 is 10.5. The van der Waals surface area contributed by atoms with Crippen molar-refractivity contribution in [3.8, 4) is 11.1 Å². The van der Waals surface area contributed by atoms with Gasteiger partial charge in [0.25, 0.3) is 0 Å². The highest BCUT2D eigenvalue weighted by Gasteiger charge is 2.35. The van der Waals surface area contributed by atoms with Crippen molar-refractivity contribution in [1.29, 1.82) is 0 Å². The van der Waals surface area contributed by atoms with E-state index < -0.39 is 0 Å². The summed E-state index contributed by atoms with van der Waals surface area (Å²) in [5.74, 6) is -0.596. The number of allylic oxidation sites excluding steroid dienone is 2. The van der Waals surface area contributed by atoms with Gasteiger partial charge in [-0.05, 0) is 109 Å². The van der Waals surface area contributed by atoms with E-state index in [1.165, 1.54) is 45.5 Å². The number of aryl methyl sites for hydroxylation is 2. The molecule has 0 bridgehead atoms. The molecular formula is C41H43NO4. The van der Waals surface area contributed by atoms with Crippen LogP contribution in [-0.4, -0.2) is 25.2 Å². The first-order valence-corrected chi connectivity index (χ1v) is 16.1. The van der Waals surface area contributed by atoms with E-state index in [-0.39, 0.29) is 17.4 Å². The first-order chi connectivity index (χ1) is 22.3. The van der Waals surface area contributed by atoms with Crippen LogP contribution in [0.4, 0.5) is 17.1 Å². The van der Waals surface area contributed by atoms with Crippen LogP contribution >= 0.6 is 0 Å². The number of carbonyl (C=O) groups excluding carboxylic acids is 2. The van der Waals surface area contributed by atoms with E-state index >= 15 is 0 Å². The molecule has 0 fully saturated rings. The van der Waals surface area contributed by atoms with E-state index in [1.807, 2.05) is 0 Å². The highest BCUT2D eigenvalue weighted by Crippen LogP contribution is 2.50. The Morgan fingerprint density at radius 1 is 0.630 bits per heavy atom. The zero-order valence-corrected chi connectivity index (χ0v) is 27.3. The smallest absolute Gasteiger partial charge is 0.330 e. The van der Waals surface area contributed by atoms with Gasteiger partial charge in [0.2, 0.25) is 0 Å².